The highest BCUT2D eigenvalue weighted by molar-refractivity contribution is 7.74. The molecule has 0 aromatic rings. The molecule has 0 saturated heterocycles. The van der Waals surface area contributed by atoms with Crippen molar-refractivity contribution >= 4 is 10.6 Å². The van der Waals surface area contributed by atoms with E-state index in [-0.39, 0.29) is 5.54 Å². The van der Waals surface area contributed by atoms with Crippen LogP contribution in [0, 0.1) is 0 Å². The van der Waals surface area contributed by atoms with Gasteiger partial charge in [0.05, 0.1) is 5.54 Å². The lowest BCUT2D eigenvalue weighted by atomic mass is 10.1. The van der Waals surface area contributed by atoms with Crippen LogP contribution < -0.4 is 0 Å². The Morgan fingerprint density at radius 2 is 1.75 bits per heavy atom. The van der Waals surface area contributed by atoms with E-state index in [0.717, 1.165) is 0 Å². The smallest absolute Gasteiger partial charge is 0.0615 e. The second-order valence-electron chi connectivity index (χ2n) is 2.74. The Kier molecular flexibility index (Phi) is 2.47. The van der Waals surface area contributed by atoms with Crippen LogP contribution in [0.4, 0.5) is 0 Å². The Morgan fingerprint density at radius 3 is 1.75 bits per heavy atom. The SMILES string of the molecule is C[SH](=O)=NC(C)(C)C. The van der Waals surface area contributed by atoms with E-state index in [1.165, 1.54) is 0 Å². The number of thiol groups is 1. The van der Waals surface area contributed by atoms with Crippen LogP contribution in [-0.4, -0.2) is 16.0 Å². The van der Waals surface area contributed by atoms with Crippen LogP contribution in [0.25, 0.3) is 0 Å². The summed E-state index contributed by atoms with van der Waals surface area (Å²) in [6.07, 6.45) is 1.61. The fraction of sp³-hybridized carbons (Fsp3) is 1.00. The largest absolute Gasteiger partial charge is 0.253 e. The third-order valence-electron chi connectivity index (χ3n) is 0.441. The zero-order valence-corrected chi connectivity index (χ0v) is 6.70. The van der Waals surface area contributed by atoms with Crippen LogP contribution in [0.5, 0.6) is 0 Å². The van der Waals surface area contributed by atoms with Gasteiger partial charge in [-0.2, -0.15) is 0 Å². The minimum atomic E-state index is -1.31. The molecule has 3 heteroatoms. The van der Waals surface area contributed by atoms with Crippen molar-refractivity contribution in [2.45, 2.75) is 26.3 Å². The van der Waals surface area contributed by atoms with Crippen LogP contribution in [-0.2, 0) is 10.6 Å². The van der Waals surface area contributed by atoms with Crippen LogP contribution in [0.2, 0.25) is 0 Å². The Labute approximate surface area is 52.5 Å². The summed E-state index contributed by atoms with van der Waals surface area (Å²) in [5.74, 6) is 0. The van der Waals surface area contributed by atoms with Gasteiger partial charge in [-0.25, -0.2) is 4.36 Å². The molecule has 2 nitrogen and oxygen atoms in total. The summed E-state index contributed by atoms with van der Waals surface area (Å²) in [6.45, 7) is 5.80. The van der Waals surface area contributed by atoms with Gasteiger partial charge < -0.3 is 0 Å². The molecule has 0 aliphatic heterocycles. The first kappa shape index (κ1) is 7.95. The van der Waals surface area contributed by atoms with Crippen molar-refractivity contribution in [3.63, 3.8) is 0 Å². The van der Waals surface area contributed by atoms with Gasteiger partial charge in [-0.1, -0.05) is 0 Å². The van der Waals surface area contributed by atoms with E-state index in [4.69, 9.17) is 0 Å². The van der Waals surface area contributed by atoms with Crippen molar-refractivity contribution in [1.82, 2.24) is 0 Å². The van der Waals surface area contributed by atoms with Crippen molar-refractivity contribution < 1.29 is 4.21 Å². The summed E-state index contributed by atoms with van der Waals surface area (Å²) in [5.41, 5.74) is -0.137. The molecule has 0 aliphatic rings. The van der Waals surface area contributed by atoms with E-state index < -0.39 is 10.6 Å². The normalized spacial score (nSPS) is 16.5. The molecule has 0 bridgehead atoms. The Balaban J connectivity index is 4.10. The molecule has 1 atom stereocenters. The summed E-state index contributed by atoms with van der Waals surface area (Å²) in [4.78, 5) is 0. The molecule has 0 spiro atoms. The second-order valence-corrected chi connectivity index (χ2v) is 3.86. The topological polar surface area (TPSA) is 29.4 Å². The maximum atomic E-state index is 10.4. The van der Waals surface area contributed by atoms with Crippen LogP contribution in [0.3, 0.4) is 0 Å². The number of rotatable bonds is 0. The Morgan fingerprint density at radius 1 is 1.38 bits per heavy atom. The van der Waals surface area contributed by atoms with Gasteiger partial charge in [-0.15, -0.1) is 0 Å². The van der Waals surface area contributed by atoms with Crippen molar-refractivity contribution in [3.8, 4) is 0 Å². The molecule has 0 aromatic heterocycles. The summed E-state index contributed by atoms with van der Waals surface area (Å²) >= 11 is 0. The molecule has 8 heavy (non-hydrogen) atoms. The average Bonchev–Trinajstić information content (AvgIpc) is 1.21. The monoisotopic (exact) mass is 135 g/mol. The molecule has 0 amide bonds. The summed E-state index contributed by atoms with van der Waals surface area (Å²) < 4.78 is 14.4. The molecule has 0 fully saturated rings. The van der Waals surface area contributed by atoms with Crippen LogP contribution in [0.1, 0.15) is 20.8 Å². The molecule has 0 aliphatic carbocycles. The van der Waals surface area contributed by atoms with E-state index in [1.54, 1.807) is 6.26 Å². The Hall–Kier alpha value is -0.0500. The maximum absolute atomic E-state index is 10.4. The quantitative estimate of drug-likeness (QED) is 0.495. The zero-order valence-electron chi connectivity index (χ0n) is 5.80. The molecule has 0 rings (SSSR count). The lowest BCUT2D eigenvalue weighted by Crippen LogP contribution is -2.08. The summed E-state index contributed by atoms with van der Waals surface area (Å²) in [6, 6.07) is 0. The van der Waals surface area contributed by atoms with Gasteiger partial charge >= 0.3 is 0 Å². The molecular formula is C5H13NOS. The fourth-order valence-electron chi connectivity index (χ4n) is 0.422. The minimum absolute atomic E-state index is 0.137. The predicted octanol–water partition coefficient (Wildman–Crippen LogP) is 1.08. The van der Waals surface area contributed by atoms with Crippen molar-refractivity contribution in [3.05, 3.63) is 0 Å². The fourth-order valence-corrected chi connectivity index (χ4v) is 1.27. The third kappa shape index (κ3) is 5.95. The molecule has 0 saturated carbocycles. The molecular weight excluding hydrogens is 122 g/mol. The van der Waals surface area contributed by atoms with Crippen molar-refractivity contribution in [2.75, 3.05) is 6.26 Å². The van der Waals surface area contributed by atoms with E-state index in [2.05, 4.69) is 4.36 Å². The minimum Gasteiger partial charge on any atom is -0.253 e. The molecule has 0 heterocycles. The van der Waals surface area contributed by atoms with Gasteiger partial charge in [0.2, 0.25) is 0 Å². The lowest BCUT2D eigenvalue weighted by Gasteiger charge is -2.08. The average molecular weight is 135 g/mol. The third-order valence-corrected chi connectivity index (χ3v) is 1.32. The van der Waals surface area contributed by atoms with Crippen molar-refractivity contribution in [2.24, 2.45) is 4.36 Å². The van der Waals surface area contributed by atoms with Gasteiger partial charge in [0.15, 0.2) is 0 Å². The molecule has 0 N–H and O–H groups in total. The highest BCUT2D eigenvalue weighted by Gasteiger charge is 2.04. The van der Waals surface area contributed by atoms with E-state index in [1.807, 2.05) is 20.8 Å². The van der Waals surface area contributed by atoms with Crippen LogP contribution >= 0.6 is 0 Å². The lowest BCUT2D eigenvalue weighted by molar-refractivity contribution is 0.585. The number of nitrogens with zero attached hydrogens (tertiary/aromatic N) is 1. The van der Waals surface area contributed by atoms with E-state index >= 15 is 0 Å². The standard InChI is InChI=1S/C5H13NOS/c1-5(2,3)6-8(4)7/h8H,1-4H3. The number of hydrogen-bond donors (Lipinski definition) is 1. The van der Waals surface area contributed by atoms with Gasteiger partial charge in [0.25, 0.3) is 0 Å². The van der Waals surface area contributed by atoms with Crippen LogP contribution in [0.15, 0.2) is 4.36 Å². The first-order valence-electron chi connectivity index (χ1n) is 2.55. The second kappa shape index (κ2) is 2.49. The van der Waals surface area contributed by atoms with Gasteiger partial charge in [0, 0.05) is 16.9 Å². The molecule has 0 aromatic carbocycles. The highest BCUT2D eigenvalue weighted by atomic mass is 32.2. The number of hydrogen-bond acceptors (Lipinski definition) is 2. The highest BCUT2D eigenvalue weighted by Crippen LogP contribution is 2.05. The predicted molar refractivity (Wildman–Crippen MR) is 37.6 cm³/mol. The maximum Gasteiger partial charge on any atom is 0.0615 e. The van der Waals surface area contributed by atoms with E-state index in [0.29, 0.717) is 0 Å². The van der Waals surface area contributed by atoms with Crippen molar-refractivity contribution in [1.29, 1.82) is 0 Å². The zero-order chi connectivity index (χ0) is 6.78. The molecule has 50 valence electrons. The first-order chi connectivity index (χ1) is 3.42. The van der Waals surface area contributed by atoms with Gasteiger partial charge in [0.1, 0.15) is 0 Å². The summed E-state index contributed by atoms with van der Waals surface area (Å²) in [7, 11) is -1.31. The Bertz CT molecular complexity index is 139. The van der Waals surface area contributed by atoms with E-state index in [9.17, 15) is 4.21 Å². The van der Waals surface area contributed by atoms with Gasteiger partial charge in [-0.05, 0) is 20.8 Å². The van der Waals surface area contributed by atoms with Gasteiger partial charge in [-0.3, -0.25) is 4.21 Å². The molecule has 1 unspecified atom stereocenters. The molecule has 0 radical (unpaired) electrons. The summed E-state index contributed by atoms with van der Waals surface area (Å²) in [5, 5.41) is 0. The first-order valence-corrected chi connectivity index (χ1v) is 4.21.